The molecule has 0 aliphatic carbocycles. The summed E-state index contributed by atoms with van der Waals surface area (Å²) in [6.07, 6.45) is 3.19. The molecular weight excluding hydrogens is 444 g/mol. The van der Waals surface area contributed by atoms with Gasteiger partial charge in [0, 0.05) is 29.2 Å². The third-order valence-corrected chi connectivity index (χ3v) is 6.83. The zero-order chi connectivity index (χ0) is 22.6. The van der Waals surface area contributed by atoms with Crippen LogP contribution in [0.5, 0.6) is 0 Å². The predicted molar refractivity (Wildman–Crippen MR) is 125 cm³/mol. The second kappa shape index (κ2) is 9.39. The monoisotopic (exact) mass is 464 g/mol. The number of pyridine rings is 1. The molecule has 0 radical (unpaired) electrons. The largest absolute Gasteiger partial charge is 0.321 e. The number of anilines is 1. The normalized spacial score (nSPS) is 11.3. The van der Waals surface area contributed by atoms with Crippen LogP contribution in [0.2, 0.25) is 0 Å². The van der Waals surface area contributed by atoms with E-state index in [4.69, 9.17) is 0 Å². The molecule has 7 nitrogen and oxygen atoms in total. The molecule has 0 saturated carbocycles. The van der Waals surface area contributed by atoms with Gasteiger partial charge in [-0.2, -0.15) is 0 Å². The zero-order valence-electron chi connectivity index (χ0n) is 17.1. The molecule has 0 spiro atoms. The summed E-state index contributed by atoms with van der Waals surface area (Å²) < 4.78 is 28.2. The van der Waals surface area contributed by atoms with Gasteiger partial charge in [-0.25, -0.2) is 18.1 Å². The number of benzene rings is 2. The van der Waals surface area contributed by atoms with Gasteiger partial charge < -0.3 is 5.32 Å². The Kier molecular flexibility index (Phi) is 6.40. The molecule has 2 aromatic carbocycles. The number of thiazole rings is 1. The van der Waals surface area contributed by atoms with Crippen LogP contribution in [0.25, 0.3) is 11.3 Å². The lowest BCUT2D eigenvalue weighted by Crippen LogP contribution is -2.23. The van der Waals surface area contributed by atoms with Crippen molar-refractivity contribution >= 4 is 33.0 Å². The van der Waals surface area contributed by atoms with Crippen LogP contribution in [0, 0.1) is 6.92 Å². The van der Waals surface area contributed by atoms with Crippen molar-refractivity contribution in [1.29, 1.82) is 0 Å². The second-order valence-electron chi connectivity index (χ2n) is 7.00. The summed E-state index contributed by atoms with van der Waals surface area (Å²) in [5.74, 6) is -0.265. The van der Waals surface area contributed by atoms with Crippen molar-refractivity contribution in [3.8, 4) is 11.3 Å². The summed E-state index contributed by atoms with van der Waals surface area (Å²) in [4.78, 5) is 20.9. The van der Waals surface area contributed by atoms with E-state index in [-0.39, 0.29) is 17.3 Å². The number of rotatable bonds is 7. The number of sulfonamides is 1. The van der Waals surface area contributed by atoms with Gasteiger partial charge in [-0.3, -0.25) is 9.78 Å². The smallest absolute Gasteiger partial charge is 0.255 e. The van der Waals surface area contributed by atoms with Crippen molar-refractivity contribution < 1.29 is 13.2 Å². The van der Waals surface area contributed by atoms with E-state index >= 15 is 0 Å². The molecule has 0 bridgehead atoms. The standard InChI is InChI=1S/C23H20N4O3S2/c1-16-26-22(15-31-16)19-4-2-6-21(12-19)32(29,30)25-13-17-7-9-18(10-8-17)23(28)27-20-5-3-11-24-14-20/h2-12,14-15,25H,13H2,1H3,(H,27,28). The Morgan fingerprint density at radius 2 is 1.88 bits per heavy atom. The fourth-order valence-corrected chi connectivity index (χ4v) is 4.68. The Bertz CT molecular complexity index is 1340. The number of hydrogen-bond acceptors (Lipinski definition) is 6. The minimum absolute atomic E-state index is 0.104. The maximum Gasteiger partial charge on any atom is 0.255 e. The highest BCUT2D eigenvalue weighted by Crippen LogP contribution is 2.24. The van der Waals surface area contributed by atoms with E-state index < -0.39 is 10.0 Å². The van der Waals surface area contributed by atoms with Gasteiger partial charge in [0.15, 0.2) is 0 Å². The minimum atomic E-state index is -3.71. The third-order valence-electron chi connectivity index (χ3n) is 4.66. The average molecular weight is 465 g/mol. The van der Waals surface area contributed by atoms with Crippen molar-refractivity contribution in [2.75, 3.05) is 5.32 Å². The number of carbonyl (C=O) groups is 1. The van der Waals surface area contributed by atoms with Gasteiger partial charge in [-0.1, -0.05) is 24.3 Å². The number of nitrogens with one attached hydrogen (secondary N) is 2. The topological polar surface area (TPSA) is 101 Å². The molecule has 0 fully saturated rings. The second-order valence-corrected chi connectivity index (χ2v) is 9.83. The van der Waals surface area contributed by atoms with Gasteiger partial charge >= 0.3 is 0 Å². The number of nitrogens with zero attached hydrogens (tertiary/aromatic N) is 2. The number of amides is 1. The molecule has 2 N–H and O–H groups in total. The van der Waals surface area contributed by atoms with Gasteiger partial charge in [-0.05, 0) is 48.9 Å². The molecule has 0 unspecified atom stereocenters. The molecule has 0 aliphatic heterocycles. The zero-order valence-corrected chi connectivity index (χ0v) is 18.8. The Morgan fingerprint density at radius 3 is 2.56 bits per heavy atom. The van der Waals surface area contributed by atoms with Crippen molar-refractivity contribution in [3.05, 3.63) is 94.6 Å². The summed E-state index contributed by atoms with van der Waals surface area (Å²) in [6.45, 7) is 2.01. The van der Waals surface area contributed by atoms with Crippen molar-refractivity contribution in [1.82, 2.24) is 14.7 Å². The van der Waals surface area contributed by atoms with E-state index in [1.165, 1.54) is 11.3 Å². The summed E-state index contributed by atoms with van der Waals surface area (Å²) in [5, 5.41) is 5.58. The van der Waals surface area contributed by atoms with Crippen molar-refractivity contribution in [2.24, 2.45) is 0 Å². The highest BCUT2D eigenvalue weighted by Gasteiger charge is 2.15. The minimum Gasteiger partial charge on any atom is -0.321 e. The van der Waals surface area contributed by atoms with Gasteiger partial charge in [-0.15, -0.1) is 11.3 Å². The molecule has 9 heteroatoms. The van der Waals surface area contributed by atoms with Crippen LogP contribution in [0.15, 0.2) is 83.3 Å². The first-order chi connectivity index (χ1) is 15.4. The molecule has 0 aliphatic rings. The molecule has 32 heavy (non-hydrogen) atoms. The molecule has 2 aromatic heterocycles. The first kappa shape index (κ1) is 21.8. The van der Waals surface area contributed by atoms with Crippen LogP contribution in [-0.4, -0.2) is 24.3 Å². The molecular formula is C23H20N4O3S2. The van der Waals surface area contributed by atoms with Gasteiger partial charge in [0.25, 0.3) is 5.91 Å². The summed E-state index contributed by atoms with van der Waals surface area (Å²) in [6, 6.07) is 16.9. The van der Waals surface area contributed by atoms with E-state index in [1.54, 1.807) is 67.0 Å². The molecule has 0 saturated heterocycles. The maximum atomic E-state index is 12.8. The highest BCUT2D eigenvalue weighted by atomic mass is 32.2. The molecule has 1 amide bonds. The van der Waals surface area contributed by atoms with Crippen LogP contribution in [-0.2, 0) is 16.6 Å². The van der Waals surface area contributed by atoms with Crippen molar-refractivity contribution in [2.45, 2.75) is 18.4 Å². The lowest BCUT2D eigenvalue weighted by atomic mass is 10.1. The van der Waals surface area contributed by atoms with E-state index in [0.717, 1.165) is 21.8 Å². The summed E-state index contributed by atoms with van der Waals surface area (Å²) in [5.41, 5.74) is 3.31. The van der Waals surface area contributed by atoms with Gasteiger partial charge in [0.05, 0.1) is 27.5 Å². The molecule has 0 atom stereocenters. The van der Waals surface area contributed by atoms with Crippen LogP contribution in [0.4, 0.5) is 5.69 Å². The Hall–Kier alpha value is -3.40. The third kappa shape index (κ3) is 5.25. The van der Waals surface area contributed by atoms with Crippen LogP contribution < -0.4 is 10.0 Å². The fraction of sp³-hybridized carbons (Fsp3) is 0.0870. The van der Waals surface area contributed by atoms with E-state index in [2.05, 4.69) is 20.0 Å². The first-order valence-corrected chi connectivity index (χ1v) is 12.1. The summed E-state index contributed by atoms with van der Waals surface area (Å²) >= 11 is 1.52. The number of aryl methyl sites for hydroxylation is 1. The number of carbonyl (C=O) groups excluding carboxylic acids is 1. The number of hydrogen-bond donors (Lipinski definition) is 2. The first-order valence-electron chi connectivity index (χ1n) is 9.73. The van der Waals surface area contributed by atoms with Crippen LogP contribution in [0.3, 0.4) is 0 Å². The Labute approximate surface area is 190 Å². The van der Waals surface area contributed by atoms with Gasteiger partial charge in [0.2, 0.25) is 10.0 Å². The Morgan fingerprint density at radius 1 is 1.06 bits per heavy atom. The quantitative estimate of drug-likeness (QED) is 0.426. The van der Waals surface area contributed by atoms with Crippen LogP contribution >= 0.6 is 11.3 Å². The maximum absolute atomic E-state index is 12.8. The van der Waals surface area contributed by atoms with Gasteiger partial charge in [0.1, 0.15) is 0 Å². The van der Waals surface area contributed by atoms with Crippen LogP contribution in [0.1, 0.15) is 20.9 Å². The average Bonchev–Trinajstić information content (AvgIpc) is 3.25. The molecule has 2 heterocycles. The van der Waals surface area contributed by atoms with E-state index in [0.29, 0.717) is 11.3 Å². The number of aromatic nitrogens is 2. The summed E-state index contributed by atoms with van der Waals surface area (Å²) in [7, 11) is -3.71. The van der Waals surface area contributed by atoms with Crippen molar-refractivity contribution in [3.63, 3.8) is 0 Å². The predicted octanol–water partition coefficient (Wildman–Crippen LogP) is 4.24. The fourth-order valence-electron chi connectivity index (χ4n) is 2.99. The molecule has 4 aromatic rings. The highest BCUT2D eigenvalue weighted by molar-refractivity contribution is 7.89. The Balaban J connectivity index is 1.41. The van der Waals surface area contributed by atoms with E-state index in [9.17, 15) is 13.2 Å². The molecule has 4 rings (SSSR count). The van der Waals surface area contributed by atoms with E-state index in [1.807, 2.05) is 18.4 Å². The SMILES string of the molecule is Cc1nc(-c2cccc(S(=O)(=O)NCc3ccc(C(=O)Nc4cccnc4)cc3)c2)cs1. The lowest BCUT2D eigenvalue weighted by molar-refractivity contribution is 0.102. The lowest BCUT2D eigenvalue weighted by Gasteiger charge is -2.09. The molecule has 162 valence electrons.